The van der Waals surface area contributed by atoms with Crippen LogP contribution in [0.5, 0.6) is 5.75 Å². The second-order valence-corrected chi connectivity index (χ2v) is 14.5. The van der Waals surface area contributed by atoms with Crippen LogP contribution < -0.4 is 4.74 Å². The molecule has 2 aromatic heterocycles. The van der Waals surface area contributed by atoms with E-state index in [0.29, 0.717) is 28.5 Å². The summed E-state index contributed by atoms with van der Waals surface area (Å²) in [6, 6.07) is 3.84. The van der Waals surface area contributed by atoms with Gasteiger partial charge in [0.2, 0.25) is 11.5 Å². The van der Waals surface area contributed by atoms with Crippen molar-refractivity contribution < 1.29 is 55.0 Å². The number of carbonyl (C=O) groups is 3. The number of halogens is 7. The van der Waals surface area contributed by atoms with E-state index >= 15 is 4.79 Å². The van der Waals surface area contributed by atoms with Crippen LogP contribution in [0.3, 0.4) is 0 Å². The Labute approximate surface area is 304 Å². The third kappa shape index (κ3) is 7.72. The fourth-order valence-corrected chi connectivity index (χ4v) is 8.28. The van der Waals surface area contributed by atoms with Crippen molar-refractivity contribution in [3.8, 4) is 5.75 Å². The maximum Gasteiger partial charge on any atom is 0.425 e. The number of fused-ring (bicyclic) bond motifs is 1. The smallest absolute Gasteiger partial charge is 0.425 e. The first kappa shape index (κ1) is 38.5. The lowest BCUT2D eigenvalue weighted by atomic mass is 9.78. The van der Waals surface area contributed by atoms with Gasteiger partial charge in [-0.25, -0.2) is 4.39 Å². The van der Waals surface area contributed by atoms with Crippen molar-refractivity contribution in [3.63, 3.8) is 0 Å². The van der Waals surface area contributed by atoms with Crippen molar-refractivity contribution in [3.05, 3.63) is 81.1 Å². The van der Waals surface area contributed by atoms with Crippen molar-refractivity contribution >= 4 is 29.1 Å². The Bertz CT molecular complexity index is 1840. The van der Waals surface area contributed by atoms with Crippen LogP contribution >= 0.6 is 11.3 Å². The number of carbonyl (C=O) groups excluding carboxylic acids is 3. The molecule has 0 aliphatic carbocycles. The summed E-state index contributed by atoms with van der Waals surface area (Å²) in [5.41, 5.74) is -3.41. The number of ether oxygens (including phenoxy) is 1. The summed E-state index contributed by atoms with van der Waals surface area (Å²) in [6.07, 6.45) is -8.74. The fourth-order valence-electron chi connectivity index (χ4n) is 7.60. The van der Waals surface area contributed by atoms with Crippen LogP contribution in [0.1, 0.15) is 77.5 Å². The minimum Gasteiger partial charge on any atom is -0.474 e. The number of hydrogen-bond donors (Lipinski definition) is 1. The van der Waals surface area contributed by atoms with Crippen molar-refractivity contribution in [1.82, 2.24) is 19.7 Å². The van der Waals surface area contributed by atoms with Gasteiger partial charge in [-0.15, -0.1) is 11.3 Å². The molecule has 9 nitrogen and oxygen atoms in total. The van der Waals surface area contributed by atoms with Gasteiger partial charge in [0.1, 0.15) is 28.2 Å². The number of benzene rings is 1. The van der Waals surface area contributed by atoms with Gasteiger partial charge in [0.15, 0.2) is 0 Å². The Morgan fingerprint density at radius 1 is 1.00 bits per heavy atom. The third-order valence-corrected chi connectivity index (χ3v) is 11.1. The minimum absolute atomic E-state index is 0.000406. The molecule has 2 fully saturated rings. The molecule has 0 bridgehead atoms. The number of pyridine rings is 1. The molecule has 17 heteroatoms. The normalized spacial score (nSPS) is 22.8. The van der Waals surface area contributed by atoms with Gasteiger partial charge in [0.25, 0.3) is 11.8 Å². The van der Waals surface area contributed by atoms with E-state index in [-0.39, 0.29) is 76.9 Å². The van der Waals surface area contributed by atoms with Gasteiger partial charge in [-0.2, -0.15) is 26.3 Å². The lowest BCUT2D eigenvalue weighted by molar-refractivity contribution is -0.167. The number of rotatable bonds is 7. The SMILES string of the molecule is CCC[C@H]1N(C(=O)c2ncccc2C(F)(F)F)CCC[C@]1(Oc1csc(C(F)(F)F)c1)C(=O)N1Cc2ccc(F)cc2C[C@@H]1C(=O)N1CCC(O)CC1. The number of aliphatic hydroxyl groups excluding tert-OH is 1. The average molecular weight is 771 g/mol. The van der Waals surface area contributed by atoms with Gasteiger partial charge in [-0.05, 0) is 61.1 Å². The topological polar surface area (TPSA) is 103 Å². The van der Waals surface area contributed by atoms with Crippen LogP contribution in [0.25, 0.3) is 0 Å². The Morgan fingerprint density at radius 2 is 1.74 bits per heavy atom. The molecule has 53 heavy (non-hydrogen) atoms. The highest BCUT2D eigenvalue weighted by Crippen LogP contribution is 2.43. The molecule has 5 heterocycles. The zero-order chi connectivity index (χ0) is 38.3. The monoisotopic (exact) mass is 770 g/mol. The van der Waals surface area contributed by atoms with Crippen LogP contribution in [0.4, 0.5) is 30.7 Å². The molecule has 0 radical (unpaired) electrons. The van der Waals surface area contributed by atoms with E-state index in [1.807, 2.05) is 0 Å². The number of nitrogens with zero attached hydrogens (tertiary/aromatic N) is 4. The van der Waals surface area contributed by atoms with Gasteiger partial charge < -0.3 is 24.5 Å². The van der Waals surface area contributed by atoms with Crippen molar-refractivity contribution in [2.24, 2.45) is 0 Å². The van der Waals surface area contributed by atoms with Gasteiger partial charge in [-0.1, -0.05) is 19.4 Å². The highest BCUT2D eigenvalue weighted by Gasteiger charge is 2.58. The quantitative estimate of drug-likeness (QED) is 0.276. The van der Waals surface area contributed by atoms with Gasteiger partial charge in [0, 0.05) is 56.7 Å². The largest absolute Gasteiger partial charge is 0.474 e. The van der Waals surface area contributed by atoms with E-state index in [9.17, 15) is 45.4 Å². The minimum atomic E-state index is -4.96. The van der Waals surface area contributed by atoms with Crippen LogP contribution in [-0.2, 0) is 34.9 Å². The average Bonchev–Trinajstić information content (AvgIpc) is 3.60. The molecule has 286 valence electrons. The number of piperidine rings is 2. The molecule has 2 saturated heterocycles. The van der Waals surface area contributed by atoms with Crippen LogP contribution in [-0.4, -0.2) is 85.9 Å². The van der Waals surface area contributed by atoms with Crippen LogP contribution in [0.15, 0.2) is 48.0 Å². The van der Waals surface area contributed by atoms with Gasteiger partial charge in [0.05, 0.1) is 17.7 Å². The maximum absolute atomic E-state index is 15.4. The molecule has 3 aliphatic rings. The van der Waals surface area contributed by atoms with Crippen molar-refractivity contribution in [2.75, 3.05) is 19.6 Å². The van der Waals surface area contributed by atoms with E-state index in [1.165, 1.54) is 28.0 Å². The molecule has 6 rings (SSSR count). The lowest BCUT2D eigenvalue weighted by Crippen LogP contribution is -2.70. The highest BCUT2D eigenvalue weighted by molar-refractivity contribution is 7.10. The first-order chi connectivity index (χ1) is 25.0. The van der Waals surface area contributed by atoms with Crippen LogP contribution in [0, 0.1) is 5.82 Å². The molecule has 3 amide bonds. The Morgan fingerprint density at radius 3 is 2.40 bits per heavy atom. The molecular formula is C36H37F7N4O5S. The number of alkyl halides is 6. The first-order valence-electron chi connectivity index (χ1n) is 17.3. The van der Waals surface area contributed by atoms with E-state index in [4.69, 9.17) is 4.74 Å². The molecule has 0 saturated carbocycles. The number of likely N-dealkylation sites (tertiary alicyclic amines) is 2. The summed E-state index contributed by atoms with van der Waals surface area (Å²) >= 11 is 0.324. The Kier molecular flexibility index (Phi) is 10.8. The number of aliphatic hydroxyl groups is 1. The molecule has 1 aromatic carbocycles. The van der Waals surface area contributed by atoms with Gasteiger partial charge in [-0.3, -0.25) is 19.4 Å². The Hall–Kier alpha value is -4.25. The number of amides is 3. The molecule has 3 atom stereocenters. The van der Waals surface area contributed by atoms with Gasteiger partial charge >= 0.3 is 12.4 Å². The first-order valence-corrected chi connectivity index (χ1v) is 18.1. The van der Waals surface area contributed by atoms with Crippen molar-refractivity contribution in [2.45, 2.75) is 94.6 Å². The summed E-state index contributed by atoms with van der Waals surface area (Å²) in [4.78, 5) is 50.3. The zero-order valence-corrected chi connectivity index (χ0v) is 29.4. The fraction of sp³-hybridized carbons (Fsp3) is 0.500. The molecular weight excluding hydrogens is 733 g/mol. The van der Waals surface area contributed by atoms with Crippen molar-refractivity contribution in [1.29, 1.82) is 0 Å². The molecule has 0 spiro atoms. The van der Waals surface area contributed by atoms with E-state index < -0.39 is 75.8 Å². The number of aromatic nitrogens is 1. The molecule has 3 aromatic rings. The maximum atomic E-state index is 15.4. The summed E-state index contributed by atoms with van der Waals surface area (Å²) < 4.78 is 104. The second-order valence-electron chi connectivity index (χ2n) is 13.6. The predicted octanol–water partition coefficient (Wildman–Crippen LogP) is 6.48. The highest BCUT2D eigenvalue weighted by atomic mass is 32.1. The molecule has 3 aliphatic heterocycles. The molecule has 1 N–H and O–H groups in total. The third-order valence-electron chi connectivity index (χ3n) is 10.1. The second kappa shape index (κ2) is 14.9. The molecule has 0 unspecified atom stereocenters. The number of hydrogen-bond acceptors (Lipinski definition) is 7. The van der Waals surface area contributed by atoms with E-state index in [0.717, 1.165) is 28.6 Å². The predicted molar refractivity (Wildman–Crippen MR) is 177 cm³/mol. The number of thiophene rings is 1. The summed E-state index contributed by atoms with van der Waals surface area (Å²) in [5, 5.41) is 11.1. The van der Waals surface area contributed by atoms with Crippen LogP contribution in [0.2, 0.25) is 0 Å². The van der Waals surface area contributed by atoms with E-state index in [2.05, 4.69) is 4.98 Å². The summed E-state index contributed by atoms with van der Waals surface area (Å²) in [5.74, 6) is -3.39. The lowest BCUT2D eigenvalue weighted by Gasteiger charge is -2.51. The Balaban J connectivity index is 1.48. The summed E-state index contributed by atoms with van der Waals surface area (Å²) in [6.45, 7) is 1.72. The standard InChI is InChI=1S/C36H37F7N4O5S/c1-2-5-28-34(52-25-18-29(53-20-25)36(41,42)43,11-4-13-46(28)32(50)30-26(35(38,39)40)6-3-12-44-30)33(51)47-19-21-7-8-23(37)16-22(21)17-27(47)31(49)45-14-9-24(48)10-15-45/h3,6-8,12,16,18,20,24,27-28,48H,2,4-5,9-11,13-15,17,19H2,1H3/t27-,28-,34-/m1/s1. The van der Waals surface area contributed by atoms with E-state index in [1.54, 1.807) is 6.92 Å². The zero-order valence-electron chi connectivity index (χ0n) is 28.6. The summed E-state index contributed by atoms with van der Waals surface area (Å²) in [7, 11) is 0.